The number of nitrogens with one attached hydrogen (secondary N) is 1. The Morgan fingerprint density at radius 2 is 2.08 bits per heavy atom. The quantitative estimate of drug-likeness (QED) is 0.521. The lowest BCUT2D eigenvalue weighted by molar-refractivity contribution is -0.139. The van der Waals surface area contributed by atoms with Crippen molar-refractivity contribution >= 4 is 27.7 Å². The first kappa shape index (κ1) is 11.4. The summed E-state index contributed by atoms with van der Waals surface area (Å²) < 4.78 is -0.718. The number of carbonyl (C=O) groups is 2. The number of hydrogen-bond acceptors (Lipinski definition) is 3. The second-order valence-electron chi connectivity index (χ2n) is 2.66. The average molecular weight is 239 g/mol. The smallest absolute Gasteiger partial charge is 0.259 e. The first-order chi connectivity index (χ1) is 5.34. The third-order valence-corrected chi connectivity index (χ3v) is 1.28. The van der Waals surface area contributed by atoms with Crippen LogP contribution in [0.4, 0.5) is 0 Å². The Morgan fingerprint density at radius 1 is 1.58 bits per heavy atom. The van der Waals surface area contributed by atoms with Crippen LogP contribution in [0, 0.1) is 0 Å². The molecule has 0 aromatic carbocycles. The third-order valence-electron chi connectivity index (χ3n) is 0.919. The number of amides is 2. The van der Waals surface area contributed by atoms with Gasteiger partial charge in [0, 0.05) is 0 Å². The molecular formula is C6H11BrN2O3. The lowest BCUT2D eigenvalue weighted by Gasteiger charge is -2.14. The van der Waals surface area contributed by atoms with Crippen molar-refractivity contribution in [3.05, 3.63) is 0 Å². The van der Waals surface area contributed by atoms with Crippen LogP contribution in [0.2, 0.25) is 0 Å². The highest BCUT2D eigenvalue weighted by Crippen LogP contribution is 2.14. The fourth-order valence-electron chi connectivity index (χ4n) is 0.294. The number of hydrogen-bond donors (Lipinski definition) is 2. The fraction of sp³-hybridized carbons (Fsp3) is 0.667. The fourth-order valence-corrected chi connectivity index (χ4v) is 0.375. The first-order valence-electron chi connectivity index (χ1n) is 3.23. The maximum atomic E-state index is 11.0. The number of nitrogens with two attached hydrogens (primary N) is 1. The molecule has 0 heterocycles. The minimum atomic E-state index is -0.718. The second kappa shape index (κ2) is 4.42. The van der Waals surface area contributed by atoms with E-state index in [0.717, 1.165) is 0 Å². The highest BCUT2D eigenvalue weighted by Gasteiger charge is 2.23. The van der Waals surface area contributed by atoms with Gasteiger partial charge in [-0.25, -0.2) is 5.48 Å². The number of hydroxylamine groups is 1. The first-order valence-corrected chi connectivity index (χ1v) is 4.03. The van der Waals surface area contributed by atoms with E-state index in [1.54, 1.807) is 13.8 Å². The van der Waals surface area contributed by atoms with Crippen LogP contribution in [-0.2, 0) is 14.4 Å². The van der Waals surface area contributed by atoms with Crippen molar-refractivity contribution in [2.24, 2.45) is 5.73 Å². The van der Waals surface area contributed by atoms with Gasteiger partial charge >= 0.3 is 0 Å². The van der Waals surface area contributed by atoms with Crippen LogP contribution in [0.1, 0.15) is 13.8 Å². The Kier molecular flexibility index (Phi) is 4.19. The summed E-state index contributed by atoms with van der Waals surface area (Å²) >= 11 is 3.10. The molecule has 0 spiro atoms. The van der Waals surface area contributed by atoms with E-state index in [4.69, 9.17) is 5.73 Å². The molecule has 6 heteroatoms. The summed E-state index contributed by atoms with van der Waals surface area (Å²) in [5, 5.41) is 0. The summed E-state index contributed by atoms with van der Waals surface area (Å²) in [6.07, 6.45) is 0. The van der Waals surface area contributed by atoms with Gasteiger partial charge in [0.1, 0.15) is 4.32 Å². The van der Waals surface area contributed by atoms with E-state index in [1.165, 1.54) is 0 Å². The number of halogens is 1. The average Bonchev–Trinajstić information content (AvgIpc) is 1.84. The maximum absolute atomic E-state index is 11.0. The normalized spacial score (nSPS) is 10.9. The molecule has 0 atom stereocenters. The van der Waals surface area contributed by atoms with Gasteiger partial charge in [-0.3, -0.25) is 14.4 Å². The van der Waals surface area contributed by atoms with Crippen LogP contribution in [0.15, 0.2) is 0 Å². The van der Waals surface area contributed by atoms with Gasteiger partial charge in [0.2, 0.25) is 5.91 Å². The van der Waals surface area contributed by atoms with E-state index >= 15 is 0 Å². The molecule has 0 aliphatic carbocycles. The Balaban J connectivity index is 3.66. The molecule has 0 rings (SSSR count). The zero-order valence-corrected chi connectivity index (χ0v) is 8.47. The van der Waals surface area contributed by atoms with E-state index in [1.807, 2.05) is 0 Å². The Hall–Kier alpha value is -0.620. The van der Waals surface area contributed by atoms with E-state index in [0.29, 0.717) is 0 Å². The van der Waals surface area contributed by atoms with E-state index in [2.05, 4.69) is 26.2 Å². The number of alkyl halides is 1. The molecule has 0 radical (unpaired) electrons. The van der Waals surface area contributed by atoms with Gasteiger partial charge in [0.25, 0.3) is 5.91 Å². The van der Waals surface area contributed by atoms with Gasteiger partial charge in [-0.05, 0) is 13.8 Å². The summed E-state index contributed by atoms with van der Waals surface area (Å²) in [6.45, 7) is 2.97. The Morgan fingerprint density at radius 3 is 2.42 bits per heavy atom. The summed E-state index contributed by atoms with van der Waals surface area (Å²) in [7, 11) is 0. The predicted octanol–water partition coefficient (Wildman–Crippen LogP) is -0.307. The monoisotopic (exact) mass is 238 g/mol. The van der Waals surface area contributed by atoms with E-state index in [-0.39, 0.29) is 12.5 Å². The van der Waals surface area contributed by atoms with Gasteiger partial charge < -0.3 is 5.73 Å². The zero-order valence-electron chi connectivity index (χ0n) is 6.89. The SMILES string of the molecule is CC(C)(Br)C(=O)NOCC(N)=O. The van der Waals surface area contributed by atoms with Crippen molar-refractivity contribution in [1.29, 1.82) is 0 Å². The van der Waals surface area contributed by atoms with Gasteiger partial charge in [0.05, 0.1) is 0 Å². The molecule has 5 nitrogen and oxygen atoms in total. The van der Waals surface area contributed by atoms with Crippen LogP contribution in [0.3, 0.4) is 0 Å². The van der Waals surface area contributed by atoms with Gasteiger partial charge in [-0.2, -0.15) is 0 Å². The summed E-state index contributed by atoms with van der Waals surface area (Å²) in [6, 6.07) is 0. The summed E-state index contributed by atoms with van der Waals surface area (Å²) in [5.41, 5.74) is 6.83. The van der Waals surface area contributed by atoms with E-state index in [9.17, 15) is 9.59 Å². The third kappa shape index (κ3) is 5.09. The summed E-state index contributed by atoms with van der Waals surface area (Å²) in [4.78, 5) is 25.7. The molecule has 70 valence electrons. The largest absolute Gasteiger partial charge is 0.368 e. The topological polar surface area (TPSA) is 81.4 Å². The number of primary amides is 1. The summed E-state index contributed by atoms with van der Waals surface area (Å²) in [5.74, 6) is -1.01. The maximum Gasteiger partial charge on any atom is 0.259 e. The molecular weight excluding hydrogens is 228 g/mol. The van der Waals surface area contributed by atoms with Crippen molar-refractivity contribution in [2.75, 3.05) is 6.61 Å². The number of rotatable bonds is 4. The minimum absolute atomic E-state index is 0.325. The lowest BCUT2D eigenvalue weighted by Crippen LogP contribution is -2.39. The molecule has 0 fully saturated rings. The van der Waals surface area contributed by atoms with Crippen molar-refractivity contribution in [3.8, 4) is 0 Å². The molecule has 0 aromatic rings. The minimum Gasteiger partial charge on any atom is -0.368 e. The molecule has 3 N–H and O–H groups in total. The molecule has 0 aliphatic rings. The van der Waals surface area contributed by atoms with Gasteiger partial charge in [-0.1, -0.05) is 15.9 Å². The molecule has 0 aromatic heterocycles. The highest BCUT2D eigenvalue weighted by molar-refractivity contribution is 9.10. The molecule has 0 saturated carbocycles. The predicted molar refractivity (Wildman–Crippen MR) is 46.3 cm³/mol. The Bertz CT molecular complexity index is 188. The molecule has 2 amide bonds. The molecule has 0 saturated heterocycles. The van der Waals surface area contributed by atoms with Gasteiger partial charge in [0.15, 0.2) is 6.61 Å². The standard InChI is InChI=1S/C6H11BrN2O3/c1-6(2,7)5(11)9-12-3-4(8)10/h3H2,1-2H3,(H2,8,10)(H,9,11). The number of carbonyl (C=O) groups excluding carboxylic acids is 2. The lowest BCUT2D eigenvalue weighted by atomic mass is 10.2. The molecule has 0 bridgehead atoms. The van der Waals surface area contributed by atoms with E-state index < -0.39 is 10.2 Å². The van der Waals surface area contributed by atoms with Crippen molar-refractivity contribution < 1.29 is 14.4 Å². The highest BCUT2D eigenvalue weighted by atomic mass is 79.9. The van der Waals surface area contributed by atoms with Gasteiger partial charge in [-0.15, -0.1) is 0 Å². The molecule has 12 heavy (non-hydrogen) atoms. The van der Waals surface area contributed by atoms with Crippen molar-refractivity contribution in [2.45, 2.75) is 18.2 Å². The van der Waals surface area contributed by atoms with Crippen LogP contribution < -0.4 is 11.2 Å². The zero-order chi connectivity index (χ0) is 9.78. The molecule has 0 unspecified atom stereocenters. The Labute approximate surface area is 78.7 Å². The van der Waals surface area contributed by atoms with Crippen LogP contribution in [0.25, 0.3) is 0 Å². The van der Waals surface area contributed by atoms with Crippen molar-refractivity contribution in [1.82, 2.24) is 5.48 Å². The van der Waals surface area contributed by atoms with Crippen LogP contribution >= 0.6 is 15.9 Å². The van der Waals surface area contributed by atoms with Crippen LogP contribution in [0.5, 0.6) is 0 Å². The second-order valence-corrected chi connectivity index (χ2v) is 4.64. The molecule has 0 aliphatic heterocycles. The van der Waals surface area contributed by atoms with Crippen molar-refractivity contribution in [3.63, 3.8) is 0 Å². The van der Waals surface area contributed by atoms with Crippen LogP contribution in [-0.4, -0.2) is 22.7 Å².